The minimum atomic E-state index is -0.581. The third-order valence-corrected chi connectivity index (χ3v) is 2.32. The van der Waals surface area contributed by atoms with Gasteiger partial charge in [0.2, 0.25) is 5.91 Å². The fourth-order valence-corrected chi connectivity index (χ4v) is 1.50. The number of nitrogens with zero attached hydrogens (tertiary/aromatic N) is 1. The van der Waals surface area contributed by atoms with Gasteiger partial charge in [0.15, 0.2) is 0 Å². The molecule has 1 rings (SSSR count). The highest BCUT2D eigenvalue weighted by Crippen LogP contribution is 2.15. The van der Waals surface area contributed by atoms with Crippen LogP contribution in [0.1, 0.15) is 6.42 Å². The molecular weight excluding hydrogens is 190 g/mol. The molecule has 1 atom stereocenters. The van der Waals surface area contributed by atoms with Crippen LogP contribution >= 0.6 is 11.8 Å². The molecule has 0 aromatic carbocycles. The fraction of sp³-hybridized carbons (Fsp3) is 0.429. The predicted octanol–water partition coefficient (Wildman–Crippen LogP) is -0.0306. The topological polar surface area (TPSA) is 95.1 Å². The summed E-state index contributed by atoms with van der Waals surface area (Å²) in [6.07, 6.45) is 3.59. The van der Waals surface area contributed by atoms with E-state index in [1.54, 1.807) is 6.20 Å². The van der Waals surface area contributed by atoms with Crippen molar-refractivity contribution in [2.45, 2.75) is 17.7 Å². The average Bonchev–Trinajstić information content (AvgIpc) is 2.56. The molecule has 0 saturated carbocycles. The lowest BCUT2D eigenvalue weighted by molar-refractivity contribution is -0.119. The Morgan fingerprint density at radius 1 is 1.77 bits per heavy atom. The second-order valence-corrected chi connectivity index (χ2v) is 3.49. The van der Waals surface area contributed by atoms with Gasteiger partial charge in [0.25, 0.3) is 5.22 Å². The molecule has 0 aliphatic carbocycles. The van der Waals surface area contributed by atoms with E-state index in [9.17, 15) is 4.79 Å². The number of rotatable bonds is 5. The number of nitrogens with two attached hydrogens (primary N) is 2. The molecule has 0 saturated heterocycles. The molecule has 6 heteroatoms. The van der Waals surface area contributed by atoms with Gasteiger partial charge in [-0.05, 0) is 6.42 Å². The van der Waals surface area contributed by atoms with E-state index in [0.717, 1.165) is 0 Å². The van der Waals surface area contributed by atoms with E-state index in [1.165, 1.54) is 18.0 Å². The first-order chi connectivity index (χ1) is 6.20. The zero-order valence-corrected chi connectivity index (χ0v) is 7.79. The van der Waals surface area contributed by atoms with E-state index in [1.807, 2.05) is 0 Å². The highest BCUT2D eigenvalue weighted by atomic mass is 32.2. The Balaban J connectivity index is 2.18. The summed E-state index contributed by atoms with van der Waals surface area (Å²) < 4.78 is 4.97. The highest BCUT2D eigenvalue weighted by molar-refractivity contribution is 7.99. The van der Waals surface area contributed by atoms with E-state index >= 15 is 0 Å². The van der Waals surface area contributed by atoms with Crippen LogP contribution in [0.5, 0.6) is 0 Å². The summed E-state index contributed by atoms with van der Waals surface area (Å²) >= 11 is 1.41. The predicted molar refractivity (Wildman–Crippen MR) is 49.0 cm³/mol. The van der Waals surface area contributed by atoms with Crippen molar-refractivity contribution in [2.24, 2.45) is 11.5 Å². The Kier molecular flexibility index (Phi) is 3.78. The number of aromatic nitrogens is 1. The summed E-state index contributed by atoms with van der Waals surface area (Å²) in [4.78, 5) is 14.4. The summed E-state index contributed by atoms with van der Waals surface area (Å²) in [5.74, 6) is 0.193. The Labute approximate surface area is 79.9 Å². The van der Waals surface area contributed by atoms with Crippen molar-refractivity contribution < 1.29 is 9.21 Å². The fourth-order valence-electron chi connectivity index (χ4n) is 0.697. The first-order valence-electron chi connectivity index (χ1n) is 3.77. The van der Waals surface area contributed by atoms with Crippen LogP contribution in [-0.4, -0.2) is 22.7 Å². The first-order valence-corrected chi connectivity index (χ1v) is 4.76. The molecule has 0 aliphatic heterocycles. The normalized spacial score (nSPS) is 12.7. The van der Waals surface area contributed by atoms with Gasteiger partial charge in [0.1, 0.15) is 6.26 Å². The lowest BCUT2D eigenvalue weighted by Gasteiger charge is -2.04. The molecule has 0 bridgehead atoms. The van der Waals surface area contributed by atoms with Crippen molar-refractivity contribution in [1.29, 1.82) is 0 Å². The minimum absolute atomic E-state index is 0.479. The monoisotopic (exact) mass is 201 g/mol. The van der Waals surface area contributed by atoms with Gasteiger partial charge in [0.05, 0.1) is 12.2 Å². The van der Waals surface area contributed by atoms with Gasteiger partial charge >= 0.3 is 0 Å². The van der Waals surface area contributed by atoms with Crippen LogP contribution < -0.4 is 11.5 Å². The van der Waals surface area contributed by atoms with Crippen LogP contribution in [-0.2, 0) is 4.79 Å². The summed E-state index contributed by atoms with van der Waals surface area (Å²) in [6, 6.07) is -0.581. The highest BCUT2D eigenvalue weighted by Gasteiger charge is 2.09. The van der Waals surface area contributed by atoms with Crippen LogP contribution in [0, 0.1) is 0 Å². The van der Waals surface area contributed by atoms with E-state index in [0.29, 0.717) is 17.4 Å². The Morgan fingerprint density at radius 3 is 3.08 bits per heavy atom. The van der Waals surface area contributed by atoms with Gasteiger partial charge in [0, 0.05) is 5.75 Å². The zero-order chi connectivity index (χ0) is 9.68. The minimum Gasteiger partial charge on any atom is -0.440 e. The Bertz CT molecular complexity index is 263. The zero-order valence-electron chi connectivity index (χ0n) is 6.97. The molecule has 1 unspecified atom stereocenters. The summed E-state index contributed by atoms with van der Waals surface area (Å²) in [7, 11) is 0. The second kappa shape index (κ2) is 4.88. The summed E-state index contributed by atoms with van der Waals surface area (Å²) in [6.45, 7) is 0. The molecule has 0 radical (unpaired) electrons. The van der Waals surface area contributed by atoms with Crippen molar-refractivity contribution >= 4 is 17.7 Å². The number of primary amides is 1. The molecule has 1 heterocycles. The van der Waals surface area contributed by atoms with E-state index in [4.69, 9.17) is 15.9 Å². The van der Waals surface area contributed by atoms with E-state index < -0.39 is 11.9 Å². The van der Waals surface area contributed by atoms with Gasteiger partial charge < -0.3 is 15.9 Å². The molecule has 5 nitrogen and oxygen atoms in total. The standard InChI is InChI=1S/C7H11N3O2S/c8-5(6(9)11)1-4-13-7-10-2-3-12-7/h2-3,5H,1,4,8H2,(H2,9,11). The smallest absolute Gasteiger partial charge is 0.255 e. The number of carbonyl (C=O) groups excluding carboxylic acids is 1. The molecule has 0 aliphatic rings. The third-order valence-electron chi connectivity index (χ3n) is 1.43. The molecule has 1 aromatic rings. The Morgan fingerprint density at radius 2 is 2.54 bits per heavy atom. The average molecular weight is 201 g/mol. The van der Waals surface area contributed by atoms with Gasteiger partial charge in [-0.2, -0.15) is 0 Å². The Hall–Kier alpha value is -1.01. The van der Waals surface area contributed by atoms with Crippen molar-refractivity contribution in [3.05, 3.63) is 12.5 Å². The largest absolute Gasteiger partial charge is 0.440 e. The number of thioether (sulfide) groups is 1. The maximum Gasteiger partial charge on any atom is 0.255 e. The van der Waals surface area contributed by atoms with Crippen molar-refractivity contribution in [1.82, 2.24) is 4.98 Å². The van der Waals surface area contributed by atoms with Crippen LogP contribution in [0.4, 0.5) is 0 Å². The molecule has 1 aromatic heterocycles. The summed E-state index contributed by atoms with van der Waals surface area (Å²) in [5.41, 5.74) is 10.4. The molecule has 0 fully saturated rings. The molecule has 1 amide bonds. The third kappa shape index (κ3) is 3.47. The summed E-state index contributed by atoms with van der Waals surface area (Å²) in [5, 5.41) is 0.580. The van der Waals surface area contributed by atoms with Crippen molar-refractivity contribution in [2.75, 3.05) is 5.75 Å². The van der Waals surface area contributed by atoms with Crippen LogP contribution in [0.15, 0.2) is 22.1 Å². The first kappa shape index (κ1) is 10.1. The lowest BCUT2D eigenvalue weighted by atomic mass is 10.2. The van der Waals surface area contributed by atoms with Crippen molar-refractivity contribution in [3.8, 4) is 0 Å². The number of oxazole rings is 1. The van der Waals surface area contributed by atoms with Gasteiger partial charge in [-0.15, -0.1) is 0 Å². The van der Waals surface area contributed by atoms with Crippen LogP contribution in [0.3, 0.4) is 0 Å². The van der Waals surface area contributed by atoms with E-state index in [2.05, 4.69) is 4.98 Å². The SMILES string of the molecule is NC(=O)C(N)CCSc1ncco1. The lowest BCUT2D eigenvalue weighted by Crippen LogP contribution is -2.36. The quantitative estimate of drug-likeness (QED) is 0.652. The van der Waals surface area contributed by atoms with Crippen molar-refractivity contribution in [3.63, 3.8) is 0 Å². The number of hydrogen-bond donors (Lipinski definition) is 2. The molecule has 72 valence electrons. The van der Waals surface area contributed by atoms with Crippen LogP contribution in [0.25, 0.3) is 0 Å². The van der Waals surface area contributed by atoms with E-state index in [-0.39, 0.29) is 0 Å². The second-order valence-electron chi connectivity index (χ2n) is 2.44. The molecule has 13 heavy (non-hydrogen) atoms. The maximum atomic E-state index is 10.5. The number of hydrogen-bond acceptors (Lipinski definition) is 5. The van der Waals surface area contributed by atoms with Gasteiger partial charge in [-0.25, -0.2) is 4.98 Å². The number of amides is 1. The van der Waals surface area contributed by atoms with Gasteiger partial charge in [-0.3, -0.25) is 4.79 Å². The molecule has 4 N–H and O–H groups in total. The maximum absolute atomic E-state index is 10.5. The van der Waals surface area contributed by atoms with Gasteiger partial charge in [-0.1, -0.05) is 11.8 Å². The number of carbonyl (C=O) groups is 1. The van der Waals surface area contributed by atoms with Crippen LogP contribution in [0.2, 0.25) is 0 Å². The molecular formula is C7H11N3O2S. The molecule has 0 spiro atoms.